The highest BCUT2D eigenvalue weighted by molar-refractivity contribution is 5.88. The first kappa shape index (κ1) is 22.4. The van der Waals surface area contributed by atoms with Crippen molar-refractivity contribution in [3.8, 4) is 0 Å². The van der Waals surface area contributed by atoms with Crippen molar-refractivity contribution in [2.75, 3.05) is 13.1 Å². The third-order valence-corrected chi connectivity index (χ3v) is 4.30. The van der Waals surface area contributed by atoms with Crippen LogP contribution in [0, 0.1) is 5.92 Å². The van der Waals surface area contributed by atoms with Gasteiger partial charge in [-0.2, -0.15) is 0 Å². The lowest BCUT2D eigenvalue weighted by Crippen LogP contribution is -2.41. The molecule has 6 heteroatoms. The number of hydrogen-bond donors (Lipinski definition) is 2. The van der Waals surface area contributed by atoms with Crippen LogP contribution < -0.4 is 10.6 Å². The molecule has 2 N–H and O–H groups in total. The van der Waals surface area contributed by atoms with Crippen LogP contribution in [-0.4, -0.2) is 36.5 Å². The molecule has 0 saturated heterocycles. The fraction of sp³-hybridized carbons (Fsp3) is 0.435. The lowest BCUT2D eigenvalue weighted by Gasteiger charge is -2.22. The first-order valence-electron chi connectivity index (χ1n) is 9.92. The van der Waals surface area contributed by atoms with Crippen LogP contribution in [0.25, 0.3) is 10.8 Å². The summed E-state index contributed by atoms with van der Waals surface area (Å²) in [4.78, 5) is 36.7. The highest BCUT2D eigenvalue weighted by Crippen LogP contribution is 2.21. The fourth-order valence-corrected chi connectivity index (χ4v) is 3.06. The Morgan fingerprint density at radius 1 is 1.00 bits per heavy atom. The van der Waals surface area contributed by atoms with E-state index >= 15 is 0 Å². The number of rotatable bonds is 8. The normalized spacial score (nSPS) is 12.3. The van der Waals surface area contributed by atoms with E-state index in [0.29, 0.717) is 13.0 Å². The van der Waals surface area contributed by atoms with Gasteiger partial charge in [-0.3, -0.25) is 14.4 Å². The van der Waals surface area contributed by atoms with Gasteiger partial charge in [0.2, 0.25) is 11.8 Å². The summed E-state index contributed by atoms with van der Waals surface area (Å²) in [5.41, 5.74) is 0.327. The summed E-state index contributed by atoms with van der Waals surface area (Å²) in [5, 5.41) is 7.46. The topological polar surface area (TPSA) is 84.5 Å². The Bertz CT molecular complexity index is 871. The van der Waals surface area contributed by atoms with Crippen molar-refractivity contribution in [1.29, 1.82) is 0 Å². The minimum absolute atomic E-state index is 0.0503. The quantitative estimate of drug-likeness (QED) is 0.670. The highest BCUT2D eigenvalue weighted by Gasteiger charge is 2.26. The van der Waals surface area contributed by atoms with E-state index in [1.807, 2.05) is 49.4 Å². The summed E-state index contributed by atoms with van der Waals surface area (Å²) in [6, 6.07) is 14.0. The molecule has 2 rings (SSSR count). The second-order valence-electron chi connectivity index (χ2n) is 8.04. The zero-order valence-corrected chi connectivity index (χ0v) is 17.6. The number of fused-ring (bicyclic) bond motifs is 1. The number of amides is 2. The molecule has 0 fully saturated rings. The lowest BCUT2D eigenvalue weighted by atomic mass is 9.93. The van der Waals surface area contributed by atoms with E-state index in [1.165, 1.54) is 0 Å². The average molecular weight is 399 g/mol. The molecule has 156 valence electrons. The summed E-state index contributed by atoms with van der Waals surface area (Å²) in [6.45, 7) is 7.56. The van der Waals surface area contributed by atoms with Crippen LogP contribution in [0.1, 0.15) is 39.7 Å². The van der Waals surface area contributed by atoms with E-state index in [0.717, 1.165) is 16.3 Å². The number of hydrogen-bond acceptors (Lipinski definition) is 4. The largest absolute Gasteiger partial charge is 0.460 e. The third kappa shape index (κ3) is 7.56. The second kappa shape index (κ2) is 10.0. The first-order chi connectivity index (χ1) is 13.7. The molecule has 0 spiro atoms. The van der Waals surface area contributed by atoms with Crippen LogP contribution in [0.3, 0.4) is 0 Å². The van der Waals surface area contributed by atoms with Crippen LogP contribution in [0.4, 0.5) is 0 Å². The van der Waals surface area contributed by atoms with Crippen molar-refractivity contribution in [3.63, 3.8) is 0 Å². The summed E-state index contributed by atoms with van der Waals surface area (Å²) in [6.07, 6.45) is 0.330. The van der Waals surface area contributed by atoms with Gasteiger partial charge in [0.15, 0.2) is 0 Å². The first-order valence-corrected chi connectivity index (χ1v) is 9.92. The molecule has 0 radical (unpaired) electrons. The number of benzene rings is 2. The maximum atomic E-state index is 12.7. The number of likely N-dealkylation sites (N-methyl/N-ethyl adjacent to an activating group) is 1. The maximum absolute atomic E-state index is 12.7. The van der Waals surface area contributed by atoms with Gasteiger partial charge in [-0.25, -0.2) is 0 Å². The van der Waals surface area contributed by atoms with Gasteiger partial charge in [0, 0.05) is 6.54 Å². The van der Waals surface area contributed by atoms with Gasteiger partial charge >= 0.3 is 5.97 Å². The summed E-state index contributed by atoms with van der Waals surface area (Å²) in [7, 11) is 0. The molecule has 0 bridgehead atoms. The van der Waals surface area contributed by atoms with Gasteiger partial charge in [0.25, 0.3) is 0 Å². The molecule has 0 aliphatic rings. The minimum atomic E-state index is -0.625. The predicted molar refractivity (Wildman–Crippen MR) is 113 cm³/mol. The predicted octanol–water partition coefficient (Wildman–Crippen LogP) is 2.98. The molecule has 0 saturated carbocycles. The van der Waals surface area contributed by atoms with Gasteiger partial charge in [-0.1, -0.05) is 42.5 Å². The highest BCUT2D eigenvalue weighted by atomic mass is 16.6. The molecule has 2 aromatic rings. The standard InChI is InChI=1S/C23H30N2O4/c1-5-24-20(26)15-25-22(28)19(14-21(27)29-23(2,3)4)13-16-10-11-17-8-6-7-9-18(17)12-16/h6-12,19H,5,13-15H2,1-4H3,(H,24,26)(H,25,28). The molecule has 2 aromatic carbocycles. The van der Waals surface area contributed by atoms with Crippen LogP contribution in [0.2, 0.25) is 0 Å². The molecule has 0 aromatic heterocycles. The Labute approximate surface area is 172 Å². The second-order valence-corrected chi connectivity index (χ2v) is 8.04. The van der Waals surface area contributed by atoms with E-state index < -0.39 is 17.5 Å². The van der Waals surface area contributed by atoms with Crippen molar-refractivity contribution in [1.82, 2.24) is 10.6 Å². The summed E-state index contributed by atoms with van der Waals surface area (Å²) in [5.74, 6) is -1.66. The fourth-order valence-electron chi connectivity index (χ4n) is 3.06. The van der Waals surface area contributed by atoms with Crippen LogP contribution in [0.15, 0.2) is 42.5 Å². The van der Waals surface area contributed by atoms with Crippen molar-refractivity contribution in [2.24, 2.45) is 5.92 Å². The SMILES string of the molecule is CCNC(=O)CNC(=O)C(CC(=O)OC(C)(C)C)Cc1ccc2ccccc2c1. The molecule has 1 atom stereocenters. The van der Waals surface area contributed by atoms with Gasteiger partial charge in [-0.15, -0.1) is 0 Å². The van der Waals surface area contributed by atoms with E-state index in [9.17, 15) is 14.4 Å². The number of ether oxygens (including phenoxy) is 1. The van der Waals surface area contributed by atoms with Crippen molar-refractivity contribution >= 4 is 28.6 Å². The zero-order chi connectivity index (χ0) is 21.4. The van der Waals surface area contributed by atoms with Gasteiger partial charge in [-0.05, 0) is 50.5 Å². The third-order valence-electron chi connectivity index (χ3n) is 4.30. The van der Waals surface area contributed by atoms with E-state index in [2.05, 4.69) is 10.6 Å². The molecular formula is C23H30N2O4. The van der Waals surface area contributed by atoms with E-state index in [1.54, 1.807) is 20.8 Å². The molecular weight excluding hydrogens is 368 g/mol. The van der Waals surface area contributed by atoms with Crippen LogP contribution >= 0.6 is 0 Å². The van der Waals surface area contributed by atoms with E-state index in [4.69, 9.17) is 4.74 Å². The summed E-state index contributed by atoms with van der Waals surface area (Å²) >= 11 is 0. The lowest BCUT2D eigenvalue weighted by molar-refractivity contribution is -0.157. The monoisotopic (exact) mass is 398 g/mol. The number of carbonyl (C=O) groups is 3. The van der Waals surface area contributed by atoms with Gasteiger partial charge in [0.05, 0.1) is 18.9 Å². The maximum Gasteiger partial charge on any atom is 0.307 e. The molecule has 0 aliphatic carbocycles. The number of esters is 1. The van der Waals surface area contributed by atoms with Crippen LogP contribution in [-0.2, 0) is 25.5 Å². The molecule has 2 amide bonds. The van der Waals surface area contributed by atoms with Gasteiger partial charge < -0.3 is 15.4 Å². The summed E-state index contributed by atoms with van der Waals surface area (Å²) < 4.78 is 5.39. The van der Waals surface area contributed by atoms with Crippen LogP contribution in [0.5, 0.6) is 0 Å². The molecule has 1 unspecified atom stereocenters. The molecule has 0 heterocycles. The Morgan fingerprint density at radius 2 is 1.69 bits per heavy atom. The Morgan fingerprint density at radius 3 is 2.34 bits per heavy atom. The van der Waals surface area contributed by atoms with Gasteiger partial charge in [0.1, 0.15) is 5.60 Å². The van der Waals surface area contributed by atoms with Crippen molar-refractivity contribution < 1.29 is 19.1 Å². The van der Waals surface area contributed by atoms with Crippen molar-refractivity contribution in [2.45, 2.75) is 46.1 Å². The Balaban J connectivity index is 2.14. The van der Waals surface area contributed by atoms with E-state index in [-0.39, 0.29) is 24.8 Å². The average Bonchev–Trinajstić information content (AvgIpc) is 2.64. The number of carbonyl (C=O) groups excluding carboxylic acids is 3. The Hall–Kier alpha value is -2.89. The Kier molecular flexibility index (Phi) is 7.76. The minimum Gasteiger partial charge on any atom is -0.460 e. The smallest absolute Gasteiger partial charge is 0.307 e. The molecule has 6 nitrogen and oxygen atoms in total. The number of nitrogens with one attached hydrogen (secondary N) is 2. The zero-order valence-electron chi connectivity index (χ0n) is 17.6. The molecule has 0 aliphatic heterocycles. The molecule has 29 heavy (non-hydrogen) atoms. The van der Waals surface area contributed by atoms with Crippen molar-refractivity contribution in [3.05, 3.63) is 48.0 Å².